The summed E-state index contributed by atoms with van der Waals surface area (Å²) in [4.78, 5) is 17.3. The number of rotatable bonds is 3. The van der Waals surface area contributed by atoms with Crippen molar-refractivity contribution in [3.05, 3.63) is 30.3 Å². The molecule has 1 aromatic carbocycles. The topological polar surface area (TPSA) is 23.6 Å². The third-order valence-corrected chi connectivity index (χ3v) is 8.64. The number of amides is 1. The first-order chi connectivity index (χ1) is 14.2. The molecule has 2 saturated heterocycles. The second-order valence-corrected chi connectivity index (χ2v) is 10.5. The molecule has 0 spiro atoms. The first kappa shape index (κ1) is 19.9. The fourth-order valence-electron chi connectivity index (χ4n) is 7.24. The smallest absolute Gasteiger partial charge is 0.297 e. The van der Waals surface area contributed by atoms with Crippen molar-refractivity contribution in [3.8, 4) is 0 Å². The first-order valence-corrected chi connectivity index (χ1v) is 12.4. The van der Waals surface area contributed by atoms with Crippen LogP contribution in [0.3, 0.4) is 0 Å². The molecule has 158 valence electrons. The summed E-state index contributed by atoms with van der Waals surface area (Å²) in [5, 5.41) is -0.314. The Balaban J connectivity index is 1.38. The van der Waals surface area contributed by atoms with E-state index in [1.807, 2.05) is 35.2 Å². The molecule has 0 radical (unpaired) electrons. The van der Waals surface area contributed by atoms with Crippen LogP contribution in [0.1, 0.15) is 70.6 Å². The van der Waals surface area contributed by atoms with Crippen molar-refractivity contribution >= 4 is 22.7 Å². The van der Waals surface area contributed by atoms with Gasteiger partial charge in [0.15, 0.2) is 0 Å². The Bertz CT molecular complexity index is 698. The van der Waals surface area contributed by atoms with Gasteiger partial charge in [0.25, 0.3) is 0 Å². The number of piperidine rings is 1. The lowest BCUT2D eigenvalue weighted by molar-refractivity contribution is -0.0109. The normalized spacial score (nSPS) is 37.6. The van der Waals surface area contributed by atoms with Crippen LogP contribution in [0.4, 0.5) is 10.5 Å². The zero-order valence-electron chi connectivity index (χ0n) is 17.5. The van der Waals surface area contributed by atoms with Crippen molar-refractivity contribution < 1.29 is 4.79 Å². The summed E-state index contributed by atoms with van der Waals surface area (Å²) in [7, 11) is 0. The molecule has 4 heteroatoms. The van der Waals surface area contributed by atoms with Gasteiger partial charge in [0.1, 0.15) is 0 Å². The van der Waals surface area contributed by atoms with Crippen LogP contribution in [0.15, 0.2) is 30.3 Å². The van der Waals surface area contributed by atoms with Gasteiger partial charge in [0.05, 0.1) is 0 Å². The lowest BCUT2D eigenvalue weighted by Gasteiger charge is -2.54. The van der Waals surface area contributed by atoms with E-state index < -0.39 is 0 Å². The first-order valence-electron chi connectivity index (χ1n) is 12.0. The third-order valence-electron chi connectivity index (χ3n) is 8.46. The molecule has 1 aromatic rings. The van der Waals surface area contributed by atoms with Gasteiger partial charge in [-0.25, -0.2) is 0 Å². The lowest BCUT2D eigenvalue weighted by atomic mass is 9.68. The summed E-state index contributed by atoms with van der Waals surface area (Å²) in [6.45, 7) is 1.16. The number of carbonyl (C=O) groups excluding carboxylic acids is 1. The number of halogens is 1. The molecular weight excluding hydrogens is 380 g/mol. The molecule has 5 aliphatic rings. The van der Waals surface area contributed by atoms with Crippen molar-refractivity contribution in [1.82, 2.24) is 4.90 Å². The highest BCUT2D eigenvalue weighted by Gasteiger charge is 2.45. The van der Waals surface area contributed by atoms with Crippen LogP contribution in [0, 0.1) is 17.8 Å². The van der Waals surface area contributed by atoms with E-state index in [0.717, 1.165) is 36.5 Å². The predicted octanol–water partition coefficient (Wildman–Crippen LogP) is 6.45. The fraction of sp³-hybridized carbons (Fsp3) is 0.720. The molecule has 2 aliphatic heterocycles. The zero-order chi connectivity index (χ0) is 19.8. The Morgan fingerprint density at radius 2 is 1.59 bits per heavy atom. The molecule has 6 rings (SSSR count). The Morgan fingerprint density at radius 1 is 0.862 bits per heavy atom. The quantitative estimate of drug-likeness (QED) is 0.419. The Hall–Kier alpha value is -1.06. The van der Waals surface area contributed by atoms with Crippen LogP contribution in [0.25, 0.3) is 0 Å². The van der Waals surface area contributed by atoms with Gasteiger partial charge in [0.2, 0.25) is 0 Å². The maximum atomic E-state index is 12.5. The van der Waals surface area contributed by atoms with Crippen molar-refractivity contribution in [2.75, 3.05) is 11.4 Å². The molecule has 0 aromatic heterocycles. The summed E-state index contributed by atoms with van der Waals surface area (Å²) in [5.74, 6) is 2.48. The number of carbonyl (C=O) groups is 1. The number of hydrogen-bond acceptors (Lipinski definition) is 2. The van der Waals surface area contributed by atoms with Gasteiger partial charge in [-0.3, -0.25) is 14.6 Å². The number of anilines is 1. The standard InChI is InChI=1S/C25H35ClN2O/c26-25(29)28(21-10-2-1-3-11-21)24-16-22-12-5-4-9-20(24)17-27(22)23-14-18-7-6-8-19(13-18)15-23/h1-3,10-11,18-20,22-24H,4-9,12-17H2. The monoisotopic (exact) mass is 414 g/mol. The molecule has 1 amide bonds. The molecule has 4 bridgehead atoms. The Morgan fingerprint density at radius 3 is 2.31 bits per heavy atom. The SMILES string of the molecule is O=C(Cl)N(c1ccccc1)C1CC2CCCCC1CN2C1CC2CCCC(C2)C1. The van der Waals surface area contributed by atoms with Crippen LogP contribution in [-0.4, -0.2) is 34.9 Å². The molecule has 0 N–H and O–H groups in total. The maximum Gasteiger partial charge on any atom is 0.321 e. The summed E-state index contributed by atoms with van der Waals surface area (Å²) in [6, 6.07) is 11.7. The molecule has 29 heavy (non-hydrogen) atoms. The number of benzene rings is 1. The molecule has 5 fully saturated rings. The van der Waals surface area contributed by atoms with Gasteiger partial charge in [-0.1, -0.05) is 50.3 Å². The number of para-hydroxylation sites is 1. The van der Waals surface area contributed by atoms with E-state index in [2.05, 4.69) is 4.90 Å². The van der Waals surface area contributed by atoms with E-state index in [-0.39, 0.29) is 11.4 Å². The Labute approximate surface area is 180 Å². The van der Waals surface area contributed by atoms with Crippen molar-refractivity contribution in [1.29, 1.82) is 0 Å². The van der Waals surface area contributed by atoms with E-state index in [0.29, 0.717) is 12.0 Å². The number of hydrogen-bond donors (Lipinski definition) is 0. The number of nitrogens with zero attached hydrogens (tertiary/aromatic N) is 2. The highest BCUT2D eigenvalue weighted by atomic mass is 35.5. The van der Waals surface area contributed by atoms with Crippen LogP contribution < -0.4 is 4.90 Å². The van der Waals surface area contributed by atoms with Crippen LogP contribution >= 0.6 is 11.6 Å². The maximum absolute atomic E-state index is 12.5. The van der Waals surface area contributed by atoms with E-state index in [1.54, 1.807) is 0 Å². The van der Waals surface area contributed by atoms with Gasteiger partial charge in [-0.15, -0.1) is 0 Å². The second kappa shape index (κ2) is 8.59. The van der Waals surface area contributed by atoms with E-state index >= 15 is 0 Å². The summed E-state index contributed by atoms with van der Waals surface area (Å²) < 4.78 is 0. The van der Waals surface area contributed by atoms with Crippen molar-refractivity contribution in [2.24, 2.45) is 17.8 Å². The second-order valence-electron chi connectivity index (χ2n) is 10.2. The fourth-order valence-corrected chi connectivity index (χ4v) is 7.47. The summed E-state index contributed by atoms with van der Waals surface area (Å²) in [6.07, 6.45) is 14.9. The van der Waals surface area contributed by atoms with Gasteiger partial charge in [0, 0.05) is 30.4 Å². The van der Waals surface area contributed by atoms with E-state index in [9.17, 15) is 4.79 Å². The van der Waals surface area contributed by atoms with Crippen molar-refractivity contribution in [2.45, 2.75) is 88.8 Å². The highest BCUT2D eigenvalue weighted by molar-refractivity contribution is 6.66. The molecule has 3 aliphatic carbocycles. The minimum Gasteiger partial charge on any atom is -0.297 e. The van der Waals surface area contributed by atoms with E-state index in [4.69, 9.17) is 11.6 Å². The summed E-state index contributed by atoms with van der Waals surface area (Å²) >= 11 is 6.17. The Kier molecular flexibility index (Phi) is 5.89. The number of fused-ring (bicyclic) bond motifs is 7. The molecule has 3 nitrogen and oxygen atoms in total. The van der Waals surface area contributed by atoms with Gasteiger partial charge < -0.3 is 0 Å². The minimum atomic E-state index is -0.314. The minimum absolute atomic E-state index is 0.243. The van der Waals surface area contributed by atoms with Crippen molar-refractivity contribution in [3.63, 3.8) is 0 Å². The highest BCUT2D eigenvalue weighted by Crippen LogP contribution is 2.45. The third kappa shape index (κ3) is 4.10. The summed E-state index contributed by atoms with van der Waals surface area (Å²) in [5.41, 5.74) is 0.961. The largest absolute Gasteiger partial charge is 0.321 e. The average molecular weight is 415 g/mol. The zero-order valence-corrected chi connectivity index (χ0v) is 18.3. The van der Waals surface area contributed by atoms with Gasteiger partial charge in [-0.05, 0) is 80.0 Å². The van der Waals surface area contributed by atoms with Crippen LogP contribution in [-0.2, 0) is 0 Å². The van der Waals surface area contributed by atoms with Crippen LogP contribution in [0.2, 0.25) is 0 Å². The molecule has 3 saturated carbocycles. The predicted molar refractivity (Wildman–Crippen MR) is 119 cm³/mol. The molecule has 2 heterocycles. The van der Waals surface area contributed by atoms with Gasteiger partial charge in [-0.2, -0.15) is 0 Å². The van der Waals surface area contributed by atoms with E-state index in [1.165, 1.54) is 64.2 Å². The van der Waals surface area contributed by atoms with Crippen LogP contribution in [0.5, 0.6) is 0 Å². The lowest BCUT2D eigenvalue weighted by Crippen LogP contribution is -2.60. The molecule has 5 unspecified atom stereocenters. The average Bonchev–Trinajstić information content (AvgIpc) is 2.69. The molecule has 5 atom stereocenters. The molecular formula is C25H35ClN2O. The van der Waals surface area contributed by atoms with Gasteiger partial charge >= 0.3 is 5.37 Å².